The largest absolute Gasteiger partial charge is 0.271 e. The minimum absolute atomic E-state index is 1.47. The van der Waals surface area contributed by atoms with Crippen molar-refractivity contribution < 1.29 is 0 Å². The number of hydrogen-bond acceptors (Lipinski definition) is 2. The lowest BCUT2D eigenvalue weighted by molar-refractivity contribution is 1.50. The van der Waals surface area contributed by atoms with Gasteiger partial charge in [0.2, 0.25) is 0 Å². The molecule has 0 fully saturated rings. The van der Waals surface area contributed by atoms with Crippen LogP contribution in [0.4, 0.5) is 0 Å². The molecular formula is C6H12N2. The summed E-state index contributed by atoms with van der Waals surface area (Å²) in [6.07, 6.45) is 2.93. The van der Waals surface area contributed by atoms with E-state index in [-0.39, 0.29) is 0 Å². The maximum Gasteiger partial charge on any atom is 0.0443 e. The number of hydrogen-bond donors (Lipinski definition) is 0. The second-order valence-corrected chi connectivity index (χ2v) is 0.663. The van der Waals surface area contributed by atoms with Crippen LogP contribution in [0.3, 0.4) is 0 Å². The highest BCUT2D eigenvalue weighted by atomic mass is 14.7. The van der Waals surface area contributed by atoms with Gasteiger partial charge in [0.05, 0.1) is 0 Å². The Hall–Kier alpha value is -0.920. The van der Waals surface area contributed by atoms with Crippen LogP contribution in [0.2, 0.25) is 0 Å². The van der Waals surface area contributed by atoms with Crippen LogP contribution in [0, 0.1) is 0 Å². The van der Waals surface area contributed by atoms with Crippen molar-refractivity contribution >= 4 is 13.4 Å². The first kappa shape index (κ1) is 10.1. The lowest BCUT2D eigenvalue weighted by Crippen LogP contribution is -1.41. The van der Waals surface area contributed by atoms with Gasteiger partial charge in [-0.15, -0.1) is 0 Å². The fraction of sp³-hybridized carbons (Fsp3) is 0.333. The van der Waals surface area contributed by atoms with Crippen molar-refractivity contribution in [3.63, 3.8) is 0 Å². The van der Waals surface area contributed by atoms with E-state index in [1.807, 2.05) is 13.8 Å². The van der Waals surface area contributed by atoms with E-state index in [1.54, 1.807) is 0 Å². The third kappa shape index (κ3) is 19.5. The fourth-order valence-corrected chi connectivity index (χ4v) is 0.0943. The molecule has 8 heavy (non-hydrogen) atoms. The Morgan fingerprint density at radius 1 is 1.00 bits per heavy atom. The van der Waals surface area contributed by atoms with E-state index >= 15 is 0 Å². The van der Waals surface area contributed by atoms with Crippen LogP contribution in [0.15, 0.2) is 22.4 Å². The number of aliphatic imine (C=N–C) groups is 2. The van der Waals surface area contributed by atoms with E-state index < -0.39 is 0 Å². The van der Waals surface area contributed by atoms with Crippen LogP contribution in [0.1, 0.15) is 13.8 Å². The van der Waals surface area contributed by atoms with Gasteiger partial charge in [-0.1, -0.05) is 13.8 Å². The van der Waals surface area contributed by atoms with Gasteiger partial charge in [0, 0.05) is 12.4 Å². The van der Waals surface area contributed by atoms with Crippen LogP contribution in [0.25, 0.3) is 0 Å². The van der Waals surface area contributed by atoms with Gasteiger partial charge in [0.1, 0.15) is 0 Å². The average Bonchev–Trinajstić information content (AvgIpc) is 1.88. The smallest absolute Gasteiger partial charge is 0.0443 e. The molecule has 0 aromatic heterocycles. The lowest BCUT2D eigenvalue weighted by Gasteiger charge is -1.62. The van der Waals surface area contributed by atoms with Crippen molar-refractivity contribution in [2.24, 2.45) is 9.98 Å². The normalized spacial score (nSPS) is 7.25. The van der Waals surface area contributed by atoms with Crippen molar-refractivity contribution in [3.8, 4) is 0 Å². The average molecular weight is 112 g/mol. The molecule has 0 saturated carbocycles. The monoisotopic (exact) mass is 112 g/mol. The Labute approximate surface area is 50.7 Å². The summed E-state index contributed by atoms with van der Waals surface area (Å²) in [6, 6.07) is 0. The molecule has 0 atom stereocenters. The van der Waals surface area contributed by atoms with Crippen LogP contribution in [-0.2, 0) is 0 Å². The topological polar surface area (TPSA) is 24.7 Å². The molecule has 0 aliphatic carbocycles. The van der Waals surface area contributed by atoms with Gasteiger partial charge >= 0.3 is 0 Å². The first-order valence-corrected chi connectivity index (χ1v) is 2.48. The molecule has 46 valence electrons. The summed E-state index contributed by atoms with van der Waals surface area (Å²) in [4.78, 5) is 6.72. The van der Waals surface area contributed by atoms with Gasteiger partial charge in [-0.05, 0) is 13.4 Å². The zero-order valence-corrected chi connectivity index (χ0v) is 5.46. The van der Waals surface area contributed by atoms with Crippen LogP contribution in [0.5, 0.6) is 0 Å². The van der Waals surface area contributed by atoms with Crippen molar-refractivity contribution in [2.75, 3.05) is 0 Å². The summed E-state index contributed by atoms with van der Waals surface area (Å²) in [7, 11) is 0. The zero-order chi connectivity index (χ0) is 6.83. The first-order valence-electron chi connectivity index (χ1n) is 2.48. The standard InChI is InChI=1S/C4H6N2.C2H6/c1-5-3-4-6-2;1-2/h3-4H,1-2H2;1-2H3/b4-3-;. The molecule has 0 N–H and O–H groups in total. The SMILES string of the molecule is C=N/C=C\N=C.CC. The lowest BCUT2D eigenvalue weighted by atomic mass is 10.9. The Bertz CT molecular complexity index is 64.6. The third-order valence-electron chi connectivity index (χ3n) is 0.277. The van der Waals surface area contributed by atoms with E-state index in [4.69, 9.17) is 0 Å². The van der Waals surface area contributed by atoms with Gasteiger partial charge in [-0.3, -0.25) is 9.98 Å². The van der Waals surface area contributed by atoms with Gasteiger partial charge < -0.3 is 0 Å². The molecule has 0 heterocycles. The molecule has 0 aliphatic rings. The number of rotatable bonds is 2. The molecule has 0 saturated heterocycles. The van der Waals surface area contributed by atoms with E-state index in [9.17, 15) is 0 Å². The summed E-state index contributed by atoms with van der Waals surface area (Å²) in [5, 5.41) is 0. The van der Waals surface area contributed by atoms with Gasteiger partial charge in [0.25, 0.3) is 0 Å². The molecule has 0 aromatic rings. The highest BCUT2D eigenvalue weighted by molar-refractivity contribution is 5.27. The summed E-state index contributed by atoms with van der Waals surface area (Å²) in [5.74, 6) is 0. The highest BCUT2D eigenvalue weighted by Crippen LogP contribution is 1.68. The van der Waals surface area contributed by atoms with Gasteiger partial charge in [-0.2, -0.15) is 0 Å². The highest BCUT2D eigenvalue weighted by Gasteiger charge is 1.47. The molecule has 0 bridgehead atoms. The van der Waals surface area contributed by atoms with E-state index in [2.05, 4.69) is 23.4 Å². The second kappa shape index (κ2) is 16.5. The van der Waals surface area contributed by atoms with Crippen LogP contribution < -0.4 is 0 Å². The molecule has 0 radical (unpaired) electrons. The molecule has 0 aromatic carbocycles. The Balaban J connectivity index is 0. The maximum atomic E-state index is 3.36. The van der Waals surface area contributed by atoms with E-state index in [0.29, 0.717) is 0 Å². The quantitative estimate of drug-likeness (QED) is 0.487. The van der Waals surface area contributed by atoms with Crippen molar-refractivity contribution in [1.82, 2.24) is 0 Å². The summed E-state index contributed by atoms with van der Waals surface area (Å²) >= 11 is 0. The third-order valence-corrected chi connectivity index (χ3v) is 0.277. The maximum absolute atomic E-state index is 3.36. The second-order valence-electron chi connectivity index (χ2n) is 0.663. The molecule has 2 heteroatoms. The van der Waals surface area contributed by atoms with Gasteiger partial charge in [0.15, 0.2) is 0 Å². The summed E-state index contributed by atoms with van der Waals surface area (Å²) in [5.41, 5.74) is 0. The number of nitrogens with zero attached hydrogens (tertiary/aromatic N) is 2. The molecular weight excluding hydrogens is 100 g/mol. The van der Waals surface area contributed by atoms with Crippen LogP contribution >= 0.6 is 0 Å². The minimum Gasteiger partial charge on any atom is -0.271 e. The Morgan fingerprint density at radius 3 is 1.38 bits per heavy atom. The summed E-state index contributed by atoms with van der Waals surface area (Å²) < 4.78 is 0. The Morgan fingerprint density at radius 2 is 1.25 bits per heavy atom. The van der Waals surface area contributed by atoms with Crippen molar-refractivity contribution in [3.05, 3.63) is 12.4 Å². The predicted molar refractivity (Wildman–Crippen MR) is 39.6 cm³/mol. The molecule has 0 rings (SSSR count). The van der Waals surface area contributed by atoms with E-state index in [1.165, 1.54) is 12.4 Å². The molecule has 0 spiro atoms. The Kier molecular flexibility index (Phi) is 21.0. The van der Waals surface area contributed by atoms with Gasteiger partial charge in [-0.25, -0.2) is 0 Å². The minimum atomic E-state index is 1.47. The summed E-state index contributed by atoms with van der Waals surface area (Å²) in [6.45, 7) is 10.3. The fourth-order valence-electron chi connectivity index (χ4n) is 0.0943. The molecule has 0 aliphatic heterocycles. The predicted octanol–water partition coefficient (Wildman–Crippen LogP) is 1.89. The first-order chi connectivity index (χ1) is 3.91. The molecule has 0 amide bonds. The van der Waals surface area contributed by atoms with E-state index in [0.717, 1.165) is 0 Å². The molecule has 2 nitrogen and oxygen atoms in total. The van der Waals surface area contributed by atoms with Crippen LogP contribution in [-0.4, -0.2) is 13.4 Å². The van der Waals surface area contributed by atoms with Crippen molar-refractivity contribution in [1.29, 1.82) is 0 Å². The molecule has 0 unspecified atom stereocenters. The van der Waals surface area contributed by atoms with Crippen molar-refractivity contribution in [2.45, 2.75) is 13.8 Å². The zero-order valence-electron chi connectivity index (χ0n) is 5.46.